The molecule has 0 aliphatic heterocycles. The van der Waals surface area contributed by atoms with Gasteiger partial charge in [0.25, 0.3) is 5.91 Å². The van der Waals surface area contributed by atoms with Crippen molar-refractivity contribution in [3.63, 3.8) is 0 Å². The topological polar surface area (TPSA) is 71.2 Å². The van der Waals surface area contributed by atoms with Gasteiger partial charge >= 0.3 is 0 Å². The lowest BCUT2D eigenvalue weighted by molar-refractivity contribution is 0.0921. The molecule has 5 nitrogen and oxygen atoms in total. The molecule has 2 aromatic rings. The van der Waals surface area contributed by atoms with Crippen LogP contribution in [0.25, 0.3) is 10.9 Å². The molecule has 0 aliphatic rings. The first-order valence-electron chi connectivity index (χ1n) is 6.45. The summed E-state index contributed by atoms with van der Waals surface area (Å²) in [7, 11) is 3.52. The summed E-state index contributed by atoms with van der Waals surface area (Å²) in [5, 5.41) is 3.51. The van der Waals surface area contributed by atoms with Crippen molar-refractivity contribution in [1.29, 1.82) is 0 Å². The number of hydrogen-bond donors (Lipinski definition) is 2. The molecule has 104 valence electrons. The standard InChI is InChI=1S/C14H17BN2O3/c1-8(18)12-10-7-9(15)3-4-11(10)17-13(12)14(19)16-5-6-20-2/h3-4,7,17H,5-6,15H2,1-2H3,(H,16,19). The van der Waals surface area contributed by atoms with Crippen LogP contribution < -0.4 is 10.8 Å². The molecule has 2 rings (SSSR count). The van der Waals surface area contributed by atoms with Crippen molar-refractivity contribution in [2.75, 3.05) is 20.3 Å². The molecule has 0 spiro atoms. The summed E-state index contributed by atoms with van der Waals surface area (Å²) >= 11 is 0. The third-order valence-electron chi connectivity index (χ3n) is 3.12. The summed E-state index contributed by atoms with van der Waals surface area (Å²) in [5.41, 5.74) is 2.59. The van der Waals surface area contributed by atoms with Crippen molar-refractivity contribution in [1.82, 2.24) is 10.3 Å². The number of Topliss-reactive ketones (excluding diaryl/α,β-unsaturated/α-hetero) is 1. The maximum absolute atomic E-state index is 12.1. The van der Waals surface area contributed by atoms with Gasteiger partial charge in [0.2, 0.25) is 0 Å². The number of aromatic nitrogens is 1. The lowest BCUT2D eigenvalue weighted by atomic mass is 9.93. The largest absolute Gasteiger partial charge is 0.383 e. The predicted octanol–water partition coefficient (Wildman–Crippen LogP) is 0.00510. The Balaban J connectivity index is 2.44. The zero-order valence-corrected chi connectivity index (χ0v) is 11.9. The van der Waals surface area contributed by atoms with Gasteiger partial charge in [0, 0.05) is 24.6 Å². The fraction of sp³-hybridized carbons (Fsp3) is 0.286. The van der Waals surface area contributed by atoms with Crippen LogP contribution in [0.3, 0.4) is 0 Å². The molecule has 0 fully saturated rings. The Hall–Kier alpha value is -2.08. The number of rotatable bonds is 5. The van der Waals surface area contributed by atoms with Crippen molar-refractivity contribution in [2.45, 2.75) is 6.92 Å². The van der Waals surface area contributed by atoms with Gasteiger partial charge in [-0.25, -0.2) is 0 Å². The van der Waals surface area contributed by atoms with Crippen LogP contribution in [0, 0.1) is 0 Å². The van der Waals surface area contributed by atoms with Gasteiger partial charge in [-0.3, -0.25) is 9.59 Å². The molecule has 0 bridgehead atoms. The number of carbonyl (C=O) groups excluding carboxylic acids is 2. The molecule has 0 atom stereocenters. The van der Waals surface area contributed by atoms with Gasteiger partial charge in [-0.1, -0.05) is 17.6 Å². The van der Waals surface area contributed by atoms with E-state index in [0.29, 0.717) is 24.4 Å². The fourth-order valence-corrected chi connectivity index (χ4v) is 2.20. The van der Waals surface area contributed by atoms with Gasteiger partial charge in [0.15, 0.2) is 5.78 Å². The number of ketones is 1. The van der Waals surface area contributed by atoms with Gasteiger partial charge in [-0.15, -0.1) is 0 Å². The van der Waals surface area contributed by atoms with Crippen LogP contribution in [-0.4, -0.2) is 44.8 Å². The summed E-state index contributed by atoms with van der Waals surface area (Å²) in [6, 6.07) is 5.73. The average molecular weight is 272 g/mol. The number of hydrogen-bond acceptors (Lipinski definition) is 3. The van der Waals surface area contributed by atoms with Crippen LogP contribution in [0.1, 0.15) is 27.8 Å². The monoisotopic (exact) mass is 272 g/mol. The minimum absolute atomic E-state index is 0.126. The third-order valence-corrected chi connectivity index (χ3v) is 3.12. The van der Waals surface area contributed by atoms with Crippen molar-refractivity contribution in [2.24, 2.45) is 0 Å². The molecule has 20 heavy (non-hydrogen) atoms. The van der Waals surface area contributed by atoms with E-state index in [-0.39, 0.29) is 11.7 Å². The Kier molecular flexibility index (Phi) is 4.24. The Morgan fingerprint density at radius 3 is 2.80 bits per heavy atom. The molecule has 1 amide bonds. The van der Waals surface area contributed by atoms with Gasteiger partial charge in [0.1, 0.15) is 13.5 Å². The smallest absolute Gasteiger partial charge is 0.268 e. The second-order valence-electron chi connectivity index (χ2n) is 4.73. The molecule has 0 aliphatic carbocycles. The molecule has 6 heteroatoms. The van der Waals surface area contributed by atoms with Crippen LogP contribution in [0.5, 0.6) is 0 Å². The van der Waals surface area contributed by atoms with Crippen molar-refractivity contribution in [3.05, 3.63) is 29.5 Å². The zero-order chi connectivity index (χ0) is 14.7. The number of nitrogens with one attached hydrogen (secondary N) is 2. The summed E-state index contributed by atoms with van der Waals surface area (Å²) in [5.74, 6) is -0.417. The Morgan fingerprint density at radius 2 is 2.15 bits per heavy atom. The first-order valence-corrected chi connectivity index (χ1v) is 6.45. The van der Waals surface area contributed by atoms with E-state index in [1.54, 1.807) is 7.11 Å². The number of aromatic amines is 1. The van der Waals surface area contributed by atoms with E-state index < -0.39 is 0 Å². The van der Waals surface area contributed by atoms with Crippen LogP contribution in [0.4, 0.5) is 0 Å². The van der Waals surface area contributed by atoms with Gasteiger partial charge in [-0.05, 0) is 13.0 Å². The van der Waals surface area contributed by atoms with Crippen LogP contribution in [0.2, 0.25) is 0 Å². The van der Waals surface area contributed by atoms with E-state index >= 15 is 0 Å². The summed E-state index contributed by atoms with van der Waals surface area (Å²) < 4.78 is 4.89. The van der Waals surface area contributed by atoms with Crippen LogP contribution in [-0.2, 0) is 4.74 Å². The first kappa shape index (κ1) is 14.3. The highest BCUT2D eigenvalue weighted by atomic mass is 16.5. The number of ether oxygens (including phenoxy) is 1. The lowest BCUT2D eigenvalue weighted by Crippen LogP contribution is -2.28. The zero-order valence-electron chi connectivity index (χ0n) is 11.9. The molecule has 1 heterocycles. The molecular formula is C14H17BN2O3. The predicted molar refractivity (Wildman–Crippen MR) is 80.7 cm³/mol. The van der Waals surface area contributed by atoms with E-state index in [4.69, 9.17) is 4.74 Å². The molecule has 1 aromatic carbocycles. The summed E-state index contributed by atoms with van der Waals surface area (Å²) in [6.07, 6.45) is 0. The van der Waals surface area contributed by atoms with Crippen LogP contribution >= 0.6 is 0 Å². The van der Waals surface area contributed by atoms with E-state index in [1.807, 2.05) is 26.0 Å². The Labute approximate surface area is 118 Å². The maximum Gasteiger partial charge on any atom is 0.268 e. The second-order valence-corrected chi connectivity index (χ2v) is 4.73. The van der Waals surface area contributed by atoms with E-state index in [0.717, 1.165) is 16.4 Å². The highest BCUT2D eigenvalue weighted by Gasteiger charge is 2.20. The molecular weight excluding hydrogens is 255 g/mol. The molecule has 1 aromatic heterocycles. The molecule has 2 N–H and O–H groups in total. The summed E-state index contributed by atoms with van der Waals surface area (Å²) in [6.45, 7) is 2.30. The number of methoxy groups -OCH3 is 1. The number of amides is 1. The minimum Gasteiger partial charge on any atom is -0.383 e. The lowest BCUT2D eigenvalue weighted by Gasteiger charge is -2.04. The summed E-state index contributed by atoms with van der Waals surface area (Å²) in [4.78, 5) is 27.0. The normalized spacial score (nSPS) is 10.7. The Morgan fingerprint density at radius 1 is 1.40 bits per heavy atom. The van der Waals surface area contributed by atoms with Gasteiger partial charge in [-0.2, -0.15) is 0 Å². The molecule has 0 radical (unpaired) electrons. The number of carbonyl (C=O) groups is 2. The van der Waals surface area contributed by atoms with Crippen molar-refractivity contribution in [3.8, 4) is 0 Å². The van der Waals surface area contributed by atoms with Gasteiger partial charge < -0.3 is 15.0 Å². The van der Waals surface area contributed by atoms with Crippen molar-refractivity contribution < 1.29 is 14.3 Å². The maximum atomic E-state index is 12.1. The third kappa shape index (κ3) is 2.75. The number of fused-ring (bicyclic) bond motifs is 1. The molecule has 0 saturated carbocycles. The second kappa shape index (κ2) is 5.92. The minimum atomic E-state index is -0.291. The van der Waals surface area contributed by atoms with E-state index in [1.165, 1.54) is 6.92 Å². The fourth-order valence-electron chi connectivity index (χ4n) is 2.20. The molecule has 0 unspecified atom stereocenters. The highest BCUT2D eigenvalue weighted by Crippen LogP contribution is 2.22. The first-order chi connectivity index (χ1) is 9.54. The number of H-pyrrole nitrogens is 1. The SMILES string of the molecule is Bc1ccc2[nH]c(C(=O)NCCOC)c(C(C)=O)c2c1. The van der Waals surface area contributed by atoms with E-state index in [2.05, 4.69) is 10.3 Å². The molecule has 0 saturated heterocycles. The quantitative estimate of drug-likeness (QED) is 0.457. The van der Waals surface area contributed by atoms with Gasteiger partial charge in [0.05, 0.1) is 12.2 Å². The number of benzene rings is 1. The highest BCUT2D eigenvalue weighted by molar-refractivity contribution is 6.33. The van der Waals surface area contributed by atoms with E-state index in [9.17, 15) is 9.59 Å². The van der Waals surface area contributed by atoms with Crippen LogP contribution in [0.15, 0.2) is 18.2 Å². The van der Waals surface area contributed by atoms with Crippen molar-refractivity contribution >= 4 is 35.9 Å². The average Bonchev–Trinajstić information content (AvgIpc) is 2.77. The Bertz CT molecular complexity index is 664.